The van der Waals surface area contributed by atoms with E-state index in [2.05, 4.69) is 5.10 Å². The van der Waals surface area contributed by atoms with E-state index in [1.165, 1.54) is 0 Å². The van der Waals surface area contributed by atoms with E-state index in [9.17, 15) is 4.79 Å². The maximum Gasteiger partial charge on any atom is 0.150 e. The smallest absolute Gasteiger partial charge is 0.150 e. The van der Waals surface area contributed by atoms with Crippen molar-refractivity contribution in [1.29, 1.82) is 0 Å². The van der Waals surface area contributed by atoms with E-state index in [-0.39, 0.29) is 0 Å². The minimum absolute atomic E-state index is 0.513. The third-order valence-corrected chi connectivity index (χ3v) is 3.70. The van der Waals surface area contributed by atoms with Gasteiger partial charge in [0.2, 0.25) is 0 Å². The molecule has 1 aliphatic rings. The van der Waals surface area contributed by atoms with Crippen molar-refractivity contribution in [3.8, 4) is 5.69 Å². The van der Waals surface area contributed by atoms with Crippen LogP contribution in [0.5, 0.6) is 0 Å². The quantitative estimate of drug-likeness (QED) is 0.792. The molecule has 92 valence electrons. The number of aromatic nitrogens is 2. The molecule has 0 N–H and O–H groups in total. The summed E-state index contributed by atoms with van der Waals surface area (Å²) in [7, 11) is 0. The van der Waals surface area contributed by atoms with E-state index >= 15 is 0 Å². The molecule has 0 amide bonds. The van der Waals surface area contributed by atoms with Gasteiger partial charge in [0.15, 0.2) is 0 Å². The van der Waals surface area contributed by atoms with Crippen LogP contribution < -0.4 is 0 Å². The van der Waals surface area contributed by atoms with Crippen molar-refractivity contribution in [1.82, 2.24) is 9.78 Å². The van der Waals surface area contributed by atoms with Crippen LogP contribution in [0.2, 0.25) is 5.02 Å². The number of hydrogen-bond donors (Lipinski definition) is 0. The molecule has 1 heterocycles. The van der Waals surface area contributed by atoms with E-state index in [1.54, 1.807) is 6.07 Å². The topological polar surface area (TPSA) is 34.9 Å². The highest BCUT2D eigenvalue weighted by Gasteiger charge is 2.31. The Balaban J connectivity index is 2.15. The summed E-state index contributed by atoms with van der Waals surface area (Å²) in [6.07, 6.45) is 3.18. The number of halogens is 1. The molecule has 0 spiro atoms. The van der Waals surface area contributed by atoms with Crippen LogP contribution in [0.3, 0.4) is 0 Å². The van der Waals surface area contributed by atoms with Crippen LogP contribution in [-0.2, 0) is 0 Å². The van der Waals surface area contributed by atoms with Gasteiger partial charge in [-0.05, 0) is 31.9 Å². The first-order chi connectivity index (χ1) is 8.70. The Kier molecular flexibility index (Phi) is 2.71. The summed E-state index contributed by atoms with van der Waals surface area (Å²) in [6, 6.07) is 7.43. The first-order valence-electron chi connectivity index (χ1n) is 6.01. The molecule has 18 heavy (non-hydrogen) atoms. The van der Waals surface area contributed by atoms with Gasteiger partial charge in [0.05, 0.1) is 22.1 Å². The standard InChI is InChI=1S/C14H13ClN2O/c1-9-13(15)14(11-5-6-11)17(16-9)12-4-2-3-10(7-12)8-18/h2-4,7-8,11H,5-6H2,1H3. The van der Waals surface area contributed by atoms with E-state index in [0.717, 1.165) is 41.2 Å². The molecule has 1 fully saturated rings. The lowest BCUT2D eigenvalue weighted by atomic mass is 10.2. The van der Waals surface area contributed by atoms with Gasteiger partial charge in [0.25, 0.3) is 0 Å². The van der Waals surface area contributed by atoms with Crippen LogP contribution >= 0.6 is 11.6 Å². The van der Waals surface area contributed by atoms with Gasteiger partial charge in [-0.2, -0.15) is 5.10 Å². The van der Waals surface area contributed by atoms with Gasteiger partial charge in [-0.15, -0.1) is 0 Å². The van der Waals surface area contributed by atoms with Crippen molar-refractivity contribution >= 4 is 17.9 Å². The Morgan fingerprint density at radius 1 is 1.44 bits per heavy atom. The minimum atomic E-state index is 0.513. The molecule has 3 rings (SSSR count). The Bertz CT molecular complexity index is 614. The van der Waals surface area contributed by atoms with Gasteiger partial charge >= 0.3 is 0 Å². The van der Waals surface area contributed by atoms with Crippen LogP contribution in [0.4, 0.5) is 0 Å². The summed E-state index contributed by atoms with van der Waals surface area (Å²) in [5, 5.41) is 5.24. The molecule has 0 saturated heterocycles. The molecule has 0 unspecified atom stereocenters. The fourth-order valence-electron chi connectivity index (χ4n) is 2.16. The number of rotatable bonds is 3. The van der Waals surface area contributed by atoms with Crippen LogP contribution in [0.15, 0.2) is 24.3 Å². The average molecular weight is 261 g/mol. The molecular weight excluding hydrogens is 248 g/mol. The first kappa shape index (κ1) is 11.5. The van der Waals surface area contributed by atoms with Crippen molar-refractivity contribution < 1.29 is 4.79 Å². The molecule has 1 saturated carbocycles. The van der Waals surface area contributed by atoms with Gasteiger partial charge in [0.1, 0.15) is 6.29 Å². The lowest BCUT2D eigenvalue weighted by Crippen LogP contribution is -2.02. The molecule has 0 aliphatic heterocycles. The van der Waals surface area contributed by atoms with E-state index < -0.39 is 0 Å². The maximum absolute atomic E-state index is 10.8. The monoisotopic (exact) mass is 260 g/mol. The number of aldehydes is 1. The van der Waals surface area contributed by atoms with Crippen molar-refractivity contribution in [2.24, 2.45) is 0 Å². The van der Waals surface area contributed by atoms with Gasteiger partial charge in [-0.1, -0.05) is 23.7 Å². The van der Waals surface area contributed by atoms with Gasteiger partial charge in [-0.3, -0.25) is 4.79 Å². The number of carbonyl (C=O) groups is 1. The minimum Gasteiger partial charge on any atom is -0.298 e. The predicted octanol–water partition coefficient (Wildman–Crippen LogP) is 3.52. The van der Waals surface area contributed by atoms with Crippen molar-refractivity contribution in [3.05, 3.63) is 46.2 Å². The Morgan fingerprint density at radius 2 is 2.22 bits per heavy atom. The van der Waals surface area contributed by atoms with Crippen molar-refractivity contribution in [2.75, 3.05) is 0 Å². The highest BCUT2D eigenvalue weighted by Crippen LogP contribution is 2.44. The maximum atomic E-state index is 10.8. The normalized spacial score (nSPS) is 14.8. The van der Waals surface area contributed by atoms with Crippen LogP contribution in [0.1, 0.15) is 40.5 Å². The summed E-state index contributed by atoms with van der Waals surface area (Å²) in [5.74, 6) is 0.513. The fraction of sp³-hybridized carbons (Fsp3) is 0.286. The summed E-state index contributed by atoms with van der Waals surface area (Å²) in [6.45, 7) is 1.91. The summed E-state index contributed by atoms with van der Waals surface area (Å²) < 4.78 is 1.88. The molecule has 1 aromatic carbocycles. The zero-order valence-corrected chi connectivity index (χ0v) is 10.8. The molecule has 4 heteroatoms. The van der Waals surface area contributed by atoms with Gasteiger partial charge in [0, 0.05) is 11.5 Å². The highest BCUT2D eigenvalue weighted by molar-refractivity contribution is 6.32. The highest BCUT2D eigenvalue weighted by atomic mass is 35.5. The largest absolute Gasteiger partial charge is 0.298 e. The number of benzene rings is 1. The predicted molar refractivity (Wildman–Crippen MR) is 70.7 cm³/mol. The van der Waals surface area contributed by atoms with Gasteiger partial charge in [-0.25, -0.2) is 4.68 Å². The summed E-state index contributed by atoms with van der Waals surface area (Å²) >= 11 is 6.32. The Morgan fingerprint density at radius 3 is 2.89 bits per heavy atom. The third kappa shape index (κ3) is 1.85. The average Bonchev–Trinajstić information content (AvgIpc) is 3.18. The van der Waals surface area contributed by atoms with E-state index in [4.69, 9.17) is 11.6 Å². The number of hydrogen-bond acceptors (Lipinski definition) is 2. The molecule has 0 atom stereocenters. The van der Waals surface area contributed by atoms with E-state index in [1.807, 2.05) is 29.8 Å². The van der Waals surface area contributed by atoms with Crippen LogP contribution in [-0.4, -0.2) is 16.1 Å². The lowest BCUT2D eigenvalue weighted by Gasteiger charge is -2.07. The number of nitrogens with zero attached hydrogens (tertiary/aromatic N) is 2. The lowest BCUT2D eigenvalue weighted by molar-refractivity contribution is 0.112. The second-order valence-electron chi connectivity index (χ2n) is 4.68. The van der Waals surface area contributed by atoms with E-state index in [0.29, 0.717) is 11.5 Å². The molecular formula is C14H13ClN2O. The second-order valence-corrected chi connectivity index (χ2v) is 5.06. The van der Waals surface area contributed by atoms with Crippen molar-refractivity contribution in [2.45, 2.75) is 25.7 Å². The Hall–Kier alpha value is -1.61. The van der Waals surface area contributed by atoms with Crippen LogP contribution in [0, 0.1) is 6.92 Å². The molecule has 1 aliphatic carbocycles. The summed E-state index contributed by atoms with van der Waals surface area (Å²) in [4.78, 5) is 10.8. The van der Waals surface area contributed by atoms with Crippen molar-refractivity contribution in [3.63, 3.8) is 0 Å². The second kappa shape index (κ2) is 4.25. The molecule has 1 aromatic heterocycles. The zero-order chi connectivity index (χ0) is 12.7. The van der Waals surface area contributed by atoms with Crippen LogP contribution in [0.25, 0.3) is 5.69 Å². The molecule has 3 nitrogen and oxygen atoms in total. The SMILES string of the molecule is Cc1nn(-c2cccc(C=O)c2)c(C2CC2)c1Cl. The fourth-order valence-corrected chi connectivity index (χ4v) is 2.43. The van der Waals surface area contributed by atoms with Gasteiger partial charge < -0.3 is 0 Å². The zero-order valence-electron chi connectivity index (χ0n) is 10.1. The molecule has 2 aromatic rings. The molecule has 0 radical (unpaired) electrons. The number of aryl methyl sites for hydroxylation is 1. The third-order valence-electron chi connectivity index (χ3n) is 3.24. The number of carbonyl (C=O) groups excluding carboxylic acids is 1. The first-order valence-corrected chi connectivity index (χ1v) is 6.39. The summed E-state index contributed by atoms with van der Waals surface area (Å²) in [5.41, 5.74) is 3.47. The molecule has 0 bridgehead atoms. The Labute approximate surface area is 110 Å².